The van der Waals surface area contributed by atoms with Crippen LogP contribution >= 0.6 is 11.3 Å². The van der Waals surface area contributed by atoms with Gasteiger partial charge in [-0.25, -0.2) is 24.9 Å². The first-order chi connectivity index (χ1) is 23.3. The minimum Gasteiger partial charge on any atom is -0.228 e. The maximum atomic E-state index is 5.12. The van der Waals surface area contributed by atoms with Crippen molar-refractivity contribution < 1.29 is 0 Å². The summed E-state index contributed by atoms with van der Waals surface area (Å²) in [5, 5.41) is 3.34. The Morgan fingerprint density at radius 1 is 0.362 bits per heavy atom. The summed E-state index contributed by atoms with van der Waals surface area (Å²) in [7, 11) is 0. The number of benzene rings is 6. The predicted molar refractivity (Wildman–Crippen MR) is 193 cm³/mol. The Labute approximate surface area is 275 Å². The van der Waals surface area contributed by atoms with Gasteiger partial charge in [-0.3, -0.25) is 0 Å². The summed E-state index contributed by atoms with van der Waals surface area (Å²) < 4.78 is 2.31. The van der Waals surface area contributed by atoms with Gasteiger partial charge < -0.3 is 0 Å². The van der Waals surface area contributed by atoms with E-state index in [4.69, 9.17) is 24.9 Å². The van der Waals surface area contributed by atoms with E-state index in [0.717, 1.165) is 59.9 Å². The van der Waals surface area contributed by atoms with E-state index < -0.39 is 0 Å². The maximum Gasteiger partial charge on any atom is 0.165 e. The summed E-state index contributed by atoms with van der Waals surface area (Å²) in [4.78, 5) is 25.0. The van der Waals surface area contributed by atoms with Crippen molar-refractivity contribution >= 4 is 42.4 Å². The Hall–Kier alpha value is -6.11. The summed E-state index contributed by atoms with van der Waals surface area (Å²) in [5.41, 5.74) is 6.78. The van der Waals surface area contributed by atoms with E-state index in [1.54, 1.807) is 11.3 Å². The molecule has 0 radical (unpaired) electrons. The Morgan fingerprint density at radius 3 is 1.64 bits per heavy atom. The molecule has 5 nitrogen and oxygen atoms in total. The van der Waals surface area contributed by atoms with Crippen molar-refractivity contribution in [2.75, 3.05) is 0 Å². The van der Waals surface area contributed by atoms with Crippen molar-refractivity contribution in [3.63, 3.8) is 0 Å². The summed E-state index contributed by atoms with van der Waals surface area (Å²) in [6, 6.07) is 51.6. The number of hydrogen-bond acceptors (Lipinski definition) is 6. The Kier molecular flexibility index (Phi) is 6.58. The lowest BCUT2D eigenvalue weighted by Crippen LogP contribution is -2.00. The van der Waals surface area contributed by atoms with Crippen LogP contribution in [0.15, 0.2) is 152 Å². The minimum absolute atomic E-state index is 0.650. The molecule has 0 atom stereocenters. The smallest absolute Gasteiger partial charge is 0.165 e. The molecule has 47 heavy (non-hydrogen) atoms. The monoisotopic (exact) mass is 619 g/mol. The Bertz CT molecular complexity index is 2510. The number of nitrogens with zero attached hydrogens (tertiary/aromatic N) is 5. The molecule has 0 bridgehead atoms. The van der Waals surface area contributed by atoms with Gasteiger partial charge >= 0.3 is 0 Å². The Morgan fingerprint density at radius 2 is 0.936 bits per heavy atom. The molecule has 0 aliphatic carbocycles. The summed E-state index contributed by atoms with van der Waals surface area (Å²) in [5.74, 6) is 2.66. The quantitative estimate of drug-likeness (QED) is 0.192. The average molecular weight is 620 g/mol. The molecule has 9 aromatic rings. The van der Waals surface area contributed by atoms with Crippen LogP contribution in [-0.2, 0) is 0 Å². The van der Waals surface area contributed by atoms with E-state index in [2.05, 4.69) is 60.7 Å². The number of thiophene rings is 1. The van der Waals surface area contributed by atoms with Crippen molar-refractivity contribution in [3.05, 3.63) is 152 Å². The van der Waals surface area contributed by atoms with Gasteiger partial charge in [0.25, 0.3) is 0 Å². The normalized spacial score (nSPS) is 11.4. The largest absolute Gasteiger partial charge is 0.228 e. The van der Waals surface area contributed by atoms with E-state index in [1.807, 2.05) is 91.0 Å². The van der Waals surface area contributed by atoms with Gasteiger partial charge in [0.1, 0.15) is 0 Å². The van der Waals surface area contributed by atoms with Crippen LogP contribution in [0.25, 0.3) is 87.9 Å². The summed E-state index contributed by atoms with van der Waals surface area (Å²) in [6.07, 6.45) is 0. The van der Waals surface area contributed by atoms with E-state index in [0.29, 0.717) is 23.3 Å². The molecule has 0 aliphatic rings. The van der Waals surface area contributed by atoms with Crippen molar-refractivity contribution in [1.82, 2.24) is 24.9 Å². The SMILES string of the molecule is c1ccc(-c2nc(-c3ccccc3)nc(-c3cccc4c3sc3ccc(-c5nc(-c6ccccc6)c6ccccc6n5)cc34)n2)cc1. The minimum atomic E-state index is 0.650. The van der Waals surface area contributed by atoms with E-state index in [1.165, 1.54) is 4.70 Å². The lowest BCUT2D eigenvalue weighted by molar-refractivity contribution is 1.08. The molecule has 0 aliphatic heterocycles. The standard InChI is InChI=1S/C41H25N5S/c1-4-13-26(14-5-1)36-31-19-10-11-22-34(31)42-40(43-36)29-23-24-35-33(25-29)30-20-12-21-32(37(30)47-35)41-45-38(27-15-6-2-7-16-27)44-39(46-41)28-17-8-3-9-18-28/h1-25H. The molecule has 0 N–H and O–H groups in total. The summed E-state index contributed by atoms with van der Waals surface area (Å²) in [6.45, 7) is 0. The highest BCUT2D eigenvalue weighted by molar-refractivity contribution is 7.26. The molecule has 3 heterocycles. The van der Waals surface area contributed by atoms with E-state index >= 15 is 0 Å². The molecular formula is C41H25N5S. The second-order valence-corrected chi connectivity index (χ2v) is 12.4. The molecular weight excluding hydrogens is 595 g/mol. The topological polar surface area (TPSA) is 64.5 Å². The maximum absolute atomic E-state index is 5.12. The number of para-hydroxylation sites is 1. The van der Waals surface area contributed by atoms with Crippen LogP contribution in [-0.4, -0.2) is 24.9 Å². The van der Waals surface area contributed by atoms with Crippen molar-refractivity contribution in [3.8, 4) is 56.8 Å². The van der Waals surface area contributed by atoms with Gasteiger partial charge in [-0.05, 0) is 30.3 Å². The number of fused-ring (bicyclic) bond motifs is 4. The molecule has 9 rings (SSSR count). The van der Waals surface area contributed by atoms with Crippen molar-refractivity contribution in [2.24, 2.45) is 0 Å². The third-order valence-corrected chi connectivity index (χ3v) is 9.57. The van der Waals surface area contributed by atoms with Gasteiger partial charge in [-0.15, -0.1) is 11.3 Å². The highest BCUT2D eigenvalue weighted by atomic mass is 32.1. The molecule has 0 saturated carbocycles. The van der Waals surface area contributed by atoms with Crippen LogP contribution in [0, 0.1) is 0 Å². The third kappa shape index (κ3) is 4.92. The zero-order chi connectivity index (χ0) is 31.2. The molecule has 0 spiro atoms. The molecule has 6 heteroatoms. The lowest BCUT2D eigenvalue weighted by Gasteiger charge is -2.09. The third-order valence-electron chi connectivity index (χ3n) is 8.35. The first-order valence-corrected chi connectivity index (χ1v) is 16.3. The van der Waals surface area contributed by atoms with Gasteiger partial charge in [0.05, 0.1) is 11.2 Å². The van der Waals surface area contributed by atoms with Crippen LogP contribution in [0.5, 0.6) is 0 Å². The molecule has 0 fully saturated rings. The molecule has 220 valence electrons. The second-order valence-electron chi connectivity index (χ2n) is 11.3. The first-order valence-electron chi connectivity index (χ1n) is 15.4. The fraction of sp³-hybridized carbons (Fsp3) is 0. The fourth-order valence-electron chi connectivity index (χ4n) is 6.06. The highest BCUT2D eigenvalue weighted by Gasteiger charge is 2.18. The van der Waals surface area contributed by atoms with Crippen LogP contribution in [0.1, 0.15) is 0 Å². The molecule has 0 amide bonds. The van der Waals surface area contributed by atoms with Crippen LogP contribution in [0.2, 0.25) is 0 Å². The second kappa shape index (κ2) is 11.4. The molecule has 3 aromatic heterocycles. The lowest BCUT2D eigenvalue weighted by atomic mass is 10.0. The van der Waals surface area contributed by atoms with Crippen LogP contribution in [0.4, 0.5) is 0 Å². The number of rotatable bonds is 5. The van der Waals surface area contributed by atoms with Gasteiger partial charge in [0.2, 0.25) is 0 Å². The zero-order valence-corrected chi connectivity index (χ0v) is 25.9. The van der Waals surface area contributed by atoms with Crippen LogP contribution in [0.3, 0.4) is 0 Å². The van der Waals surface area contributed by atoms with Gasteiger partial charge in [-0.2, -0.15) is 0 Å². The summed E-state index contributed by atoms with van der Waals surface area (Å²) >= 11 is 1.75. The zero-order valence-electron chi connectivity index (χ0n) is 25.1. The molecule has 0 saturated heterocycles. The van der Waals surface area contributed by atoms with Crippen molar-refractivity contribution in [2.45, 2.75) is 0 Å². The molecule has 0 unspecified atom stereocenters. The fourth-order valence-corrected chi connectivity index (χ4v) is 7.26. The van der Waals surface area contributed by atoms with Gasteiger partial charge in [0.15, 0.2) is 23.3 Å². The average Bonchev–Trinajstić information content (AvgIpc) is 3.53. The first kappa shape index (κ1) is 27.2. The highest BCUT2D eigenvalue weighted by Crippen LogP contribution is 2.41. The van der Waals surface area contributed by atoms with Crippen molar-refractivity contribution in [1.29, 1.82) is 0 Å². The van der Waals surface area contributed by atoms with E-state index in [-0.39, 0.29) is 0 Å². The Balaban J connectivity index is 1.21. The van der Waals surface area contributed by atoms with Crippen LogP contribution < -0.4 is 0 Å². The number of hydrogen-bond donors (Lipinski definition) is 0. The van der Waals surface area contributed by atoms with E-state index in [9.17, 15) is 0 Å². The van der Waals surface area contributed by atoms with Gasteiger partial charge in [-0.1, -0.05) is 121 Å². The molecule has 6 aromatic carbocycles. The van der Waals surface area contributed by atoms with Gasteiger partial charge in [0, 0.05) is 53.4 Å². The predicted octanol–water partition coefficient (Wildman–Crippen LogP) is 10.5. The number of aromatic nitrogens is 5.